The molecule has 1 N–H and O–H groups in total. The third kappa shape index (κ3) is 2.46. The van der Waals surface area contributed by atoms with Gasteiger partial charge in [0.2, 0.25) is 6.08 Å². The minimum atomic E-state index is -6.53. The van der Waals surface area contributed by atoms with Gasteiger partial charge in [-0.2, -0.15) is 31.3 Å². The van der Waals surface area contributed by atoms with E-state index in [1.54, 1.807) is 0 Å². The molecule has 0 bridgehead atoms. The fraction of sp³-hybridized carbons (Fsp3) is 0.857. The lowest BCUT2D eigenvalue weighted by Crippen LogP contribution is -2.65. The molecule has 11 heteroatoms. The minimum Gasteiger partial charge on any atom is -0.356 e. The highest BCUT2D eigenvalue weighted by Crippen LogP contribution is 2.51. The van der Waals surface area contributed by atoms with Crippen molar-refractivity contribution in [1.82, 2.24) is 0 Å². The quantitative estimate of drug-likeness (QED) is 0.460. The number of hydrogen-bond donors (Lipinski definition) is 1. The number of isocyanates is 1. The van der Waals surface area contributed by atoms with E-state index in [1.807, 2.05) is 4.99 Å². The van der Waals surface area contributed by atoms with E-state index in [1.165, 1.54) is 0 Å². The van der Waals surface area contributed by atoms with Crippen LogP contribution in [0, 0.1) is 0 Å². The standard InChI is InChI=1S/C7H5F8NO2/c8-1-4(9,10)6(12,13)7(14,15)5(11,18)2-16-3-17/h18H,1-2H2. The maximum atomic E-state index is 12.8. The topological polar surface area (TPSA) is 49.7 Å². The fourth-order valence-electron chi connectivity index (χ4n) is 0.790. The second-order valence-corrected chi connectivity index (χ2v) is 3.15. The summed E-state index contributed by atoms with van der Waals surface area (Å²) in [7, 11) is 0. The molecule has 1 atom stereocenters. The second kappa shape index (κ2) is 4.81. The minimum absolute atomic E-state index is 0.435. The highest BCUT2D eigenvalue weighted by atomic mass is 19.4. The third-order valence-electron chi connectivity index (χ3n) is 1.86. The summed E-state index contributed by atoms with van der Waals surface area (Å²) in [5.41, 5.74) is 0. The van der Waals surface area contributed by atoms with Gasteiger partial charge in [0.05, 0.1) is 0 Å². The van der Waals surface area contributed by atoms with Gasteiger partial charge in [-0.05, 0) is 0 Å². The molecule has 0 aliphatic heterocycles. The van der Waals surface area contributed by atoms with E-state index in [0.29, 0.717) is 6.08 Å². The van der Waals surface area contributed by atoms with E-state index < -0.39 is 36.8 Å². The Bertz CT molecular complexity index is 349. The first-order valence-corrected chi connectivity index (χ1v) is 4.01. The van der Waals surface area contributed by atoms with Crippen LogP contribution in [-0.4, -0.2) is 48.0 Å². The van der Waals surface area contributed by atoms with Crippen LogP contribution in [0.5, 0.6) is 0 Å². The second-order valence-electron chi connectivity index (χ2n) is 3.15. The zero-order valence-corrected chi connectivity index (χ0v) is 8.24. The van der Waals surface area contributed by atoms with Crippen molar-refractivity contribution in [1.29, 1.82) is 0 Å². The number of rotatable bonds is 6. The van der Waals surface area contributed by atoms with E-state index >= 15 is 0 Å². The molecule has 0 aromatic heterocycles. The molecule has 0 saturated heterocycles. The first-order chi connectivity index (χ1) is 7.87. The zero-order chi connectivity index (χ0) is 14.8. The fourth-order valence-corrected chi connectivity index (χ4v) is 0.790. The molecule has 0 aliphatic rings. The van der Waals surface area contributed by atoms with E-state index in [4.69, 9.17) is 5.11 Å². The van der Waals surface area contributed by atoms with Crippen molar-refractivity contribution < 1.29 is 45.0 Å². The van der Waals surface area contributed by atoms with Crippen LogP contribution < -0.4 is 0 Å². The Balaban J connectivity index is 5.54. The van der Waals surface area contributed by atoms with Crippen LogP contribution in [-0.2, 0) is 4.79 Å². The average Bonchev–Trinajstić information content (AvgIpc) is 2.25. The van der Waals surface area contributed by atoms with E-state index in [9.17, 15) is 39.9 Å². The van der Waals surface area contributed by atoms with Gasteiger partial charge < -0.3 is 5.11 Å². The van der Waals surface area contributed by atoms with Gasteiger partial charge in [0.1, 0.15) is 6.54 Å². The monoisotopic (exact) mass is 287 g/mol. The molecule has 0 aromatic carbocycles. The smallest absolute Gasteiger partial charge is 0.356 e. The number of aliphatic imine (C=N–C) groups is 1. The van der Waals surface area contributed by atoms with Gasteiger partial charge in [0.15, 0.2) is 6.67 Å². The number of halogens is 8. The molecule has 0 aromatic rings. The van der Waals surface area contributed by atoms with Gasteiger partial charge in [0.25, 0.3) is 5.85 Å². The van der Waals surface area contributed by atoms with Crippen LogP contribution in [0.4, 0.5) is 35.1 Å². The van der Waals surface area contributed by atoms with Crippen LogP contribution in [0.25, 0.3) is 0 Å². The zero-order valence-electron chi connectivity index (χ0n) is 8.24. The molecule has 0 fully saturated rings. The lowest BCUT2D eigenvalue weighted by atomic mass is 9.98. The predicted octanol–water partition coefficient (Wildman–Crippen LogP) is 1.86. The Morgan fingerprint density at radius 3 is 1.78 bits per heavy atom. The summed E-state index contributed by atoms with van der Waals surface area (Å²) in [6.45, 7) is -5.47. The Kier molecular flexibility index (Phi) is 4.48. The Labute approximate surface area is 94.1 Å². The van der Waals surface area contributed by atoms with Crippen molar-refractivity contribution in [3.8, 4) is 0 Å². The molecular weight excluding hydrogens is 282 g/mol. The first-order valence-electron chi connectivity index (χ1n) is 4.01. The predicted molar refractivity (Wildman–Crippen MR) is 39.9 cm³/mol. The Hall–Kier alpha value is -1.22. The van der Waals surface area contributed by atoms with E-state index in [0.717, 1.165) is 0 Å². The molecule has 106 valence electrons. The highest BCUT2D eigenvalue weighted by molar-refractivity contribution is 5.33. The number of alkyl halides is 8. The van der Waals surface area contributed by atoms with Crippen molar-refractivity contribution in [3.05, 3.63) is 0 Å². The van der Waals surface area contributed by atoms with Gasteiger partial charge in [-0.15, -0.1) is 0 Å². The van der Waals surface area contributed by atoms with Gasteiger partial charge in [-0.25, -0.2) is 13.6 Å². The highest BCUT2D eigenvalue weighted by Gasteiger charge is 2.79. The number of hydrogen-bond acceptors (Lipinski definition) is 3. The lowest BCUT2D eigenvalue weighted by Gasteiger charge is -2.36. The summed E-state index contributed by atoms with van der Waals surface area (Å²) in [4.78, 5) is 11.5. The summed E-state index contributed by atoms with van der Waals surface area (Å²) in [6.07, 6.45) is 0.435. The molecule has 0 radical (unpaired) electrons. The maximum absolute atomic E-state index is 12.8. The molecule has 0 amide bonds. The molecule has 18 heavy (non-hydrogen) atoms. The van der Waals surface area contributed by atoms with Crippen LogP contribution in [0.15, 0.2) is 4.99 Å². The SMILES string of the molecule is O=C=NCC(O)(F)C(F)(F)C(F)(F)C(F)(F)CF. The summed E-state index contributed by atoms with van der Waals surface area (Å²) in [5.74, 6) is -24.1. The maximum Gasteiger partial charge on any atom is 0.380 e. The van der Waals surface area contributed by atoms with Gasteiger partial charge in [0, 0.05) is 0 Å². The summed E-state index contributed by atoms with van der Waals surface area (Å²) in [6, 6.07) is 0. The Morgan fingerprint density at radius 1 is 1.00 bits per heavy atom. The normalized spacial score (nSPS) is 16.9. The van der Waals surface area contributed by atoms with Gasteiger partial charge >= 0.3 is 17.8 Å². The van der Waals surface area contributed by atoms with Crippen LogP contribution in [0.2, 0.25) is 0 Å². The van der Waals surface area contributed by atoms with E-state index in [2.05, 4.69) is 0 Å². The molecule has 3 nitrogen and oxygen atoms in total. The molecule has 0 saturated carbocycles. The number of aliphatic hydroxyl groups is 1. The molecule has 0 heterocycles. The number of nitrogens with zero attached hydrogens (tertiary/aromatic N) is 1. The number of carbonyl (C=O) groups excluding carboxylic acids is 1. The van der Waals surface area contributed by atoms with Crippen molar-refractivity contribution in [2.45, 2.75) is 23.6 Å². The van der Waals surface area contributed by atoms with Crippen molar-refractivity contribution >= 4 is 6.08 Å². The summed E-state index contributed by atoms with van der Waals surface area (Å²) < 4.78 is 99.8. The third-order valence-corrected chi connectivity index (χ3v) is 1.86. The lowest BCUT2D eigenvalue weighted by molar-refractivity contribution is -0.379. The average molecular weight is 287 g/mol. The van der Waals surface area contributed by atoms with Crippen molar-refractivity contribution in [3.63, 3.8) is 0 Å². The van der Waals surface area contributed by atoms with Crippen LogP contribution >= 0.6 is 0 Å². The largest absolute Gasteiger partial charge is 0.380 e. The molecule has 1 unspecified atom stereocenters. The molecular formula is C7H5F8NO2. The molecule has 0 spiro atoms. The first kappa shape index (κ1) is 16.8. The van der Waals surface area contributed by atoms with Crippen LogP contribution in [0.3, 0.4) is 0 Å². The molecule has 0 aliphatic carbocycles. The van der Waals surface area contributed by atoms with E-state index in [-0.39, 0.29) is 0 Å². The van der Waals surface area contributed by atoms with Crippen molar-refractivity contribution in [2.75, 3.05) is 13.2 Å². The van der Waals surface area contributed by atoms with Gasteiger partial charge in [-0.3, -0.25) is 0 Å². The molecule has 0 rings (SSSR count). The van der Waals surface area contributed by atoms with Crippen molar-refractivity contribution in [2.24, 2.45) is 4.99 Å². The Morgan fingerprint density at radius 2 is 1.44 bits per heavy atom. The summed E-state index contributed by atoms with van der Waals surface area (Å²) in [5, 5.41) is 8.34. The van der Waals surface area contributed by atoms with Crippen LogP contribution in [0.1, 0.15) is 0 Å². The van der Waals surface area contributed by atoms with Gasteiger partial charge in [-0.1, -0.05) is 0 Å². The summed E-state index contributed by atoms with van der Waals surface area (Å²) >= 11 is 0.